The number of urea groups is 1. The lowest BCUT2D eigenvalue weighted by Crippen LogP contribution is -2.54. The Labute approximate surface area is 186 Å². The van der Waals surface area contributed by atoms with Crippen LogP contribution in [0.4, 0.5) is 14.9 Å². The van der Waals surface area contributed by atoms with Crippen LogP contribution in [0.15, 0.2) is 82.8 Å². The molecule has 1 aliphatic heterocycles. The fourth-order valence-corrected chi connectivity index (χ4v) is 3.77. The van der Waals surface area contributed by atoms with Crippen LogP contribution in [0.3, 0.4) is 0 Å². The summed E-state index contributed by atoms with van der Waals surface area (Å²) in [6.07, 6.45) is 2.00. The van der Waals surface area contributed by atoms with Crippen molar-refractivity contribution in [1.82, 2.24) is 5.32 Å². The molecule has 4 amide bonds. The minimum absolute atomic E-state index is 0.218. The average Bonchev–Trinajstić information content (AvgIpc) is 2.75. The number of rotatable bonds is 4. The Hall–Kier alpha value is -3.58. The van der Waals surface area contributed by atoms with E-state index in [1.54, 1.807) is 12.1 Å². The number of anilines is 1. The second kappa shape index (κ2) is 8.65. The average molecular weight is 479 g/mol. The van der Waals surface area contributed by atoms with E-state index < -0.39 is 23.7 Å². The van der Waals surface area contributed by atoms with Gasteiger partial charge in [-0.3, -0.25) is 14.9 Å². The van der Waals surface area contributed by atoms with E-state index in [-0.39, 0.29) is 11.3 Å². The van der Waals surface area contributed by atoms with Crippen LogP contribution in [0.1, 0.15) is 16.7 Å². The van der Waals surface area contributed by atoms with Crippen molar-refractivity contribution in [3.05, 3.63) is 105 Å². The highest BCUT2D eigenvalue weighted by molar-refractivity contribution is 9.10. The highest BCUT2D eigenvalue weighted by atomic mass is 79.9. The van der Waals surface area contributed by atoms with E-state index in [4.69, 9.17) is 0 Å². The number of carbonyl (C=O) groups excluding carboxylic acids is 3. The second-order valence-electron chi connectivity index (χ2n) is 6.88. The summed E-state index contributed by atoms with van der Waals surface area (Å²) < 4.78 is 15.2. The molecule has 0 bridgehead atoms. The van der Waals surface area contributed by atoms with Gasteiger partial charge in [0.2, 0.25) is 0 Å². The number of barbiturate groups is 1. The summed E-state index contributed by atoms with van der Waals surface area (Å²) in [5.74, 6) is -2.44. The van der Waals surface area contributed by atoms with Crippen LogP contribution < -0.4 is 10.2 Å². The third kappa shape index (κ3) is 4.18. The van der Waals surface area contributed by atoms with Gasteiger partial charge in [-0.25, -0.2) is 14.1 Å². The predicted molar refractivity (Wildman–Crippen MR) is 119 cm³/mol. The Morgan fingerprint density at radius 1 is 0.871 bits per heavy atom. The molecule has 154 valence electrons. The van der Waals surface area contributed by atoms with E-state index in [0.717, 1.165) is 21.7 Å². The Morgan fingerprint density at radius 2 is 1.52 bits per heavy atom. The van der Waals surface area contributed by atoms with Crippen molar-refractivity contribution in [3.8, 4) is 0 Å². The van der Waals surface area contributed by atoms with Crippen LogP contribution in [0, 0.1) is 5.82 Å². The number of carbonyl (C=O) groups is 3. The van der Waals surface area contributed by atoms with Crippen LogP contribution in [-0.2, 0) is 16.0 Å². The van der Waals surface area contributed by atoms with Crippen molar-refractivity contribution in [2.75, 3.05) is 4.90 Å². The zero-order valence-electron chi connectivity index (χ0n) is 16.1. The van der Waals surface area contributed by atoms with Crippen LogP contribution in [0.5, 0.6) is 0 Å². The fraction of sp³-hybridized carbons (Fsp3) is 0.0417. The van der Waals surface area contributed by atoms with Gasteiger partial charge in [0.1, 0.15) is 11.4 Å². The maximum Gasteiger partial charge on any atom is 0.336 e. The van der Waals surface area contributed by atoms with Crippen molar-refractivity contribution >= 4 is 45.5 Å². The molecule has 0 saturated carbocycles. The van der Waals surface area contributed by atoms with Gasteiger partial charge in [-0.1, -0.05) is 70.5 Å². The first-order chi connectivity index (χ1) is 15.0. The zero-order chi connectivity index (χ0) is 22.0. The van der Waals surface area contributed by atoms with Gasteiger partial charge in [-0.2, -0.15) is 0 Å². The molecule has 7 heteroatoms. The molecule has 0 aliphatic carbocycles. The fourth-order valence-electron chi connectivity index (χ4n) is 3.35. The molecule has 1 N–H and O–H groups in total. The monoisotopic (exact) mass is 478 g/mol. The molecule has 1 heterocycles. The molecule has 0 radical (unpaired) electrons. The first-order valence-electron chi connectivity index (χ1n) is 9.43. The predicted octanol–water partition coefficient (Wildman–Crippen LogP) is 4.85. The van der Waals surface area contributed by atoms with E-state index in [9.17, 15) is 18.8 Å². The Bertz CT molecular complexity index is 1240. The molecule has 0 unspecified atom stereocenters. The SMILES string of the molecule is O=C1NC(=O)N(c2ccccc2F)C(=O)/C1=C\c1ccccc1Cc1ccccc1Br. The highest BCUT2D eigenvalue weighted by Crippen LogP contribution is 2.26. The van der Waals surface area contributed by atoms with Gasteiger partial charge in [0.05, 0.1) is 5.69 Å². The number of nitrogens with zero attached hydrogens (tertiary/aromatic N) is 1. The molecular formula is C24H16BrFN2O3. The van der Waals surface area contributed by atoms with Crippen LogP contribution in [0.25, 0.3) is 6.08 Å². The van der Waals surface area contributed by atoms with Crippen LogP contribution >= 0.6 is 15.9 Å². The number of para-hydroxylation sites is 1. The largest absolute Gasteiger partial charge is 0.336 e. The van der Waals surface area contributed by atoms with E-state index in [2.05, 4.69) is 21.2 Å². The van der Waals surface area contributed by atoms with Crippen molar-refractivity contribution in [2.45, 2.75) is 6.42 Å². The minimum atomic E-state index is -0.987. The first-order valence-corrected chi connectivity index (χ1v) is 10.2. The summed E-state index contributed by atoms with van der Waals surface area (Å²) >= 11 is 3.53. The highest BCUT2D eigenvalue weighted by Gasteiger charge is 2.38. The molecule has 3 aromatic rings. The number of imide groups is 2. The molecule has 0 aromatic heterocycles. The van der Waals surface area contributed by atoms with Crippen LogP contribution in [0.2, 0.25) is 0 Å². The first kappa shape index (κ1) is 20.7. The number of benzene rings is 3. The number of hydrogen-bond acceptors (Lipinski definition) is 3. The topological polar surface area (TPSA) is 66.5 Å². The molecule has 1 fully saturated rings. The number of hydrogen-bond donors (Lipinski definition) is 1. The second-order valence-corrected chi connectivity index (χ2v) is 7.73. The maximum absolute atomic E-state index is 14.2. The summed E-state index contributed by atoms with van der Waals surface area (Å²) in [5.41, 5.74) is 2.11. The Balaban J connectivity index is 1.74. The van der Waals surface area contributed by atoms with Crippen molar-refractivity contribution in [1.29, 1.82) is 0 Å². The molecule has 0 spiro atoms. The quantitative estimate of drug-likeness (QED) is 0.430. The molecule has 1 saturated heterocycles. The lowest BCUT2D eigenvalue weighted by atomic mass is 9.97. The number of halogens is 2. The molecule has 1 aliphatic rings. The maximum atomic E-state index is 14.2. The molecule has 4 rings (SSSR count). The lowest BCUT2D eigenvalue weighted by Gasteiger charge is -2.26. The molecule has 31 heavy (non-hydrogen) atoms. The van der Waals surface area contributed by atoms with E-state index in [0.29, 0.717) is 16.9 Å². The summed E-state index contributed by atoms with van der Waals surface area (Å²) in [6, 6.07) is 19.5. The summed E-state index contributed by atoms with van der Waals surface area (Å²) in [4.78, 5) is 38.4. The molecule has 3 aromatic carbocycles. The lowest BCUT2D eigenvalue weighted by molar-refractivity contribution is -0.122. The van der Waals surface area contributed by atoms with Gasteiger partial charge in [0.25, 0.3) is 11.8 Å². The minimum Gasteiger partial charge on any atom is -0.273 e. The summed E-state index contributed by atoms with van der Waals surface area (Å²) in [6.45, 7) is 0. The third-order valence-corrected chi connectivity index (χ3v) is 5.66. The van der Waals surface area contributed by atoms with E-state index >= 15 is 0 Å². The Morgan fingerprint density at radius 3 is 2.26 bits per heavy atom. The van der Waals surface area contributed by atoms with Crippen molar-refractivity contribution in [3.63, 3.8) is 0 Å². The van der Waals surface area contributed by atoms with Crippen LogP contribution in [-0.4, -0.2) is 17.8 Å². The molecular weight excluding hydrogens is 463 g/mol. The van der Waals surface area contributed by atoms with Gasteiger partial charge in [-0.15, -0.1) is 0 Å². The van der Waals surface area contributed by atoms with Gasteiger partial charge < -0.3 is 0 Å². The number of nitrogens with one attached hydrogen (secondary N) is 1. The standard InChI is InChI=1S/C24H16BrFN2O3/c25-19-10-4-3-9-17(19)13-15-7-1-2-8-16(15)14-18-22(29)27-24(31)28(23(18)30)21-12-6-5-11-20(21)26/h1-12,14H,13H2,(H,27,29,31)/b18-14-. The summed E-state index contributed by atoms with van der Waals surface area (Å²) in [5, 5.41) is 2.12. The van der Waals surface area contributed by atoms with Gasteiger partial charge in [-0.05, 0) is 47.4 Å². The van der Waals surface area contributed by atoms with E-state index in [1.165, 1.54) is 24.3 Å². The van der Waals surface area contributed by atoms with Gasteiger partial charge in [0.15, 0.2) is 0 Å². The smallest absolute Gasteiger partial charge is 0.273 e. The van der Waals surface area contributed by atoms with Gasteiger partial charge >= 0.3 is 6.03 Å². The Kier molecular flexibility index (Phi) is 5.77. The van der Waals surface area contributed by atoms with Gasteiger partial charge in [0, 0.05) is 4.47 Å². The molecule has 5 nitrogen and oxygen atoms in total. The van der Waals surface area contributed by atoms with Crippen molar-refractivity contribution < 1.29 is 18.8 Å². The normalized spacial score (nSPS) is 15.4. The zero-order valence-corrected chi connectivity index (χ0v) is 17.7. The number of amides is 4. The van der Waals surface area contributed by atoms with E-state index in [1.807, 2.05) is 36.4 Å². The summed E-state index contributed by atoms with van der Waals surface area (Å²) in [7, 11) is 0. The van der Waals surface area contributed by atoms with Crippen molar-refractivity contribution in [2.24, 2.45) is 0 Å². The molecule has 0 atom stereocenters. The third-order valence-electron chi connectivity index (χ3n) is 4.89.